The molecule has 6 heteroatoms. The molecule has 31 heavy (non-hydrogen) atoms. The quantitative estimate of drug-likeness (QED) is 0.504. The molecule has 0 saturated carbocycles. The average molecular weight is 423 g/mol. The van der Waals surface area contributed by atoms with Crippen molar-refractivity contribution in [3.8, 4) is 5.75 Å². The Hall–Kier alpha value is -3.28. The van der Waals surface area contributed by atoms with Gasteiger partial charge in [-0.3, -0.25) is 4.79 Å². The molecule has 1 atom stereocenters. The number of nitrogens with one attached hydrogen (secondary N) is 2. The van der Waals surface area contributed by atoms with E-state index in [1.807, 2.05) is 69.3 Å². The highest BCUT2D eigenvalue weighted by atomic mass is 16.5. The summed E-state index contributed by atoms with van der Waals surface area (Å²) in [6.07, 6.45) is 0.697. The van der Waals surface area contributed by atoms with Gasteiger partial charge in [-0.25, -0.2) is 4.79 Å². The van der Waals surface area contributed by atoms with Crippen LogP contribution in [-0.4, -0.2) is 30.0 Å². The van der Waals surface area contributed by atoms with Crippen molar-refractivity contribution < 1.29 is 19.1 Å². The molecule has 164 valence electrons. The smallest absolute Gasteiger partial charge is 0.328 e. The average Bonchev–Trinajstić information content (AvgIpc) is 3.06. The zero-order valence-electron chi connectivity index (χ0n) is 18.5. The molecule has 0 fully saturated rings. The maximum Gasteiger partial charge on any atom is 0.328 e. The molecule has 1 aromatic heterocycles. The Morgan fingerprint density at radius 3 is 2.52 bits per heavy atom. The van der Waals surface area contributed by atoms with E-state index in [0.717, 1.165) is 33.5 Å². The van der Waals surface area contributed by atoms with Crippen LogP contribution in [0.5, 0.6) is 5.75 Å². The Balaban J connectivity index is 1.75. The third-order valence-corrected chi connectivity index (χ3v) is 5.20. The lowest BCUT2D eigenvalue weighted by Gasteiger charge is -2.18. The predicted molar refractivity (Wildman–Crippen MR) is 121 cm³/mol. The van der Waals surface area contributed by atoms with Gasteiger partial charge in [-0.15, -0.1) is 0 Å². The molecule has 1 unspecified atom stereocenters. The number of aromatic nitrogens is 1. The summed E-state index contributed by atoms with van der Waals surface area (Å²) in [5.74, 6) is 0.359. The summed E-state index contributed by atoms with van der Waals surface area (Å²) in [4.78, 5) is 28.1. The molecule has 2 N–H and O–H groups in total. The van der Waals surface area contributed by atoms with Crippen LogP contribution in [0.25, 0.3) is 10.9 Å². The van der Waals surface area contributed by atoms with Gasteiger partial charge < -0.3 is 19.8 Å². The molecule has 0 bridgehead atoms. The summed E-state index contributed by atoms with van der Waals surface area (Å²) in [5.41, 5.74) is 3.85. The van der Waals surface area contributed by atoms with Crippen LogP contribution in [0.15, 0.2) is 48.5 Å². The number of esters is 1. The van der Waals surface area contributed by atoms with E-state index in [1.54, 1.807) is 0 Å². The van der Waals surface area contributed by atoms with Crippen LogP contribution in [0.4, 0.5) is 0 Å². The van der Waals surface area contributed by atoms with Crippen molar-refractivity contribution >= 4 is 22.8 Å². The zero-order valence-corrected chi connectivity index (χ0v) is 18.5. The van der Waals surface area contributed by atoms with Crippen LogP contribution in [0.3, 0.4) is 0 Å². The summed E-state index contributed by atoms with van der Waals surface area (Å²) in [5, 5.41) is 3.77. The van der Waals surface area contributed by atoms with Crippen LogP contribution in [0, 0.1) is 12.8 Å². The maximum atomic E-state index is 12.8. The molecule has 1 amide bonds. The molecule has 3 rings (SSSR count). The number of H-pyrrole nitrogens is 1. The van der Waals surface area contributed by atoms with Crippen molar-refractivity contribution in [3.63, 3.8) is 0 Å². The highest BCUT2D eigenvalue weighted by molar-refractivity contribution is 5.92. The van der Waals surface area contributed by atoms with Gasteiger partial charge >= 0.3 is 5.97 Å². The Kier molecular flexibility index (Phi) is 7.34. The van der Waals surface area contributed by atoms with Gasteiger partial charge in [0.2, 0.25) is 5.91 Å². The minimum Gasteiger partial charge on any atom is -0.489 e. The largest absolute Gasteiger partial charge is 0.489 e. The first-order valence-corrected chi connectivity index (χ1v) is 10.5. The SMILES string of the molecule is COC(=O)C(CC(C)C)NC(=O)Cc1c(C)[nH]c2ccc(OCc3ccccc3)cc12. The van der Waals surface area contributed by atoms with E-state index >= 15 is 0 Å². The van der Waals surface area contributed by atoms with Crippen molar-refractivity contribution in [2.75, 3.05) is 7.11 Å². The highest BCUT2D eigenvalue weighted by Gasteiger charge is 2.23. The van der Waals surface area contributed by atoms with E-state index in [0.29, 0.717) is 13.0 Å². The van der Waals surface area contributed by atoms with Gasteiger partial charge in [0.05, 0.1) is 13.5 Å². The number of ether oxygens (including phenoxy) is 2. The van der Waals surface area contributed by atoms with E-state index in [2.05, 4.69) is 10.3 Å². The summed E-state index contributed by atoms with van der Waals surface area (Å²) in [7, 11) is 1.34. The topological polar surface area (TPSA) is 80.4 Å². The lowest BCUT2D eigenvalue weighted by atomic mass is 10.0. The van der Waals surface area contributed by atoms with Crippen LogP contribution in [0.1, 0.15) is 37.1 Å². The summed E-state index contributed by atoms with van der Waals surface area (Å²) >= 11 is 0. The van der Waals surface area contributed by atoms with Gasteiger partial charge in [-0.05, 0) is 48.6 Å². The van der Waals surface area contributed by atoms with E-state index in [-0.39, 0.29) is 18.2 Å². The van der Waals surface area contributed by atoms with E-state index in [1.165, 1.54) is 7.11 Å². The molecule has 6 nitrogen and oxygen atoms in total. The first kappa shape index (κ1) is 22.4. The second-order valence-electron chi connectivity index (χ2n) is 8.16. The van der Waals surface area contributed by atoms with Crippen molar-refractivity contribution in [2.24, 2.45) is 5.92 Å². The number of aromatic amines is 1. The first-order chi connectivity index (χ1) is 14.9. The fourth-order valence-electron chi connectivity index (χ4n) is 3.65. The fourth-order valence-corrected chi connectivity index (χ4v) is 3.65. The third-order valence-electron chi connectivity index (χ3n) is 5.20. The monoisotopic (exact) mass is 422 g/mol. The number of carbonyl (C=O) groups is 2. The Morgan fingerprint density at radius 2 is 1.84 bits per heavy atom. The number of benzene rings is 2. The van der Waals surface area contributed by atoms with Gasteiger partial charge in [0.25, 0.3) is 0 Å². The Morgan fingerprint density at radius 1 is 1.10 bits per heavy atom. The summed E-state index contributed by atoms with van der Waals surface area (Å²) in [6, 6.07) is 15.2. The normalized spacial score (nSPS) is 12.0. The number of hydrogen-bond donors (Lipinski definition) is 2. The molecular weight excluding hydrogens is 392 g/mol. The third kappa shape index (κ3) is 5.87. The number of rotatable bonds is 9. The molecule has 1 heterocycles. The molecular formula is C25H30N2O4. The van der Waals surface area contributed by atoms with Gasteiger partial charge in [-0.1, -0.05) is 44.2 Å². The Labute approximate surface area is 182 Å². The fraction of sp³-hybridized carbons (Fsp3) is 0.360. The molecule has 0 aliphatic rings. The van der Waals surface area contributed by atoms with Gasteiger partial charge in [0.15, 0.2) is 0 Å². The number of amides is 1. The predicted octanol–water partition coefficient (Wildman–Crippen LogP) is 4.30. The number of aryl methyl sites for hydroxylation is 1. The zero-order chi connectivity index (χ0) is 22.4. The molecule has 3 aromatic rings. The summed E-state index contributed by atoms with van der Waals surface area (Å²) in [6.45, 7) is 6.42. The van der Waals surface area contributed by atoms with E-state index in [9.17, 15) is 9.59 Å². The second-order valence-corrected chi connectivity index (χ2v) is 8.16. The molecule has 0 radical (unpaired) electrons. The molecule has 0 saturated heterocycles. The van der Waals surface area contributed by atoms with Gasteiger partial charge in [-0.2, -0.15) is 0 Å². The van der Waals surface area contributed by atoms with Gasteiger partial charge in [0, 0.05) is 16.6 Å². The van der Waals surface area contributed by atoms with Crippen LogP contribution >= 0.6 is 0 Å². The van der Waals surface area contributed by atoms with Crippen molar-refractivity contribution in [1.29, 1.82) is 0 Å². The number of hydrogen-bond acceptors (Lipinski definition) is 4. The van der Waals surface area contributed by atoms with Crippen LogP contribution in [-0.2, 0) is 27.4 Å². The van der Waals surface area contributed by atoms with Crippen LogP contribution in [0.2, 0.25) is 0 Å². The molecule has 0 aliphatic carbocycles. The van der Waals surface area contributed by atoms with Crippen molar-refractivity contribution in [1.82, 2.24) is 10.3 Å². The van der Waals surface area contributed by atoms with E-state index < -0.39 is 12.0 Å². The first-order valence-electron chi connectivity index (χ1n) is 10.5. The highest BCUT2D eigenvalue weighted by Crippen LogP contribution is 2.27. The lowest BCUT2D eigenvalue weighted by Crippen LogP contribution is -2.43. The van der Waals surface area contributed by atoms with Crippen molar-refractivity contribution in [2.45, 2.75) is 46.3 Å². The number of methoxy groups -OCH3 is 1. The lowest BCUT2D eigenvalue weighted by molar-refractivity contribution is -0.145. The Bertz CT molecular complexity index is 1040. The second kappa shape index (κ2) is 10.2. The van der Waals surface area contributed by atoms with Crippen LogP contribution < -0.4 is 10.1 Å². The maximum absolute atomic E-state index is 12.8. The van der Waals surface area contributed by atoms with Crippen molar-refractivity contribution in [3.05, 3.63) is 65.4 Å². The minimum absolute atomic E-state index is 0.166. The molecule has 2 aromatic carbocycles. The molecule has 0 aliphatic heterocycles. The summed E-state index contributed by atoms with van der Waals surface area (Å²) < 4.78 is 10.8. The van der Waals surface area contributed by atoms with Gasteiger partial charge in [0.1, 0.15) is 18.4 Å². The standard InChI is InChI=1S/C25H30N2O4/c1-16(2)12-23(25(29)30-4)27-24(28)14-20-17(3)26-22-11-10-19(13-21(20)22)31-15-18-8-6-5-7-9-18/h5-11,13,16,23,26H,12,14-15H2,1-4H3,(H,27,28). The number of fused-ring (bicyclic) bond motifs is 1. The minimum atomic E-state index is -0.646. The molecule has 0 spiro atoms. The number of carbonyl (C=O) groups excluding carboxylic acids is 2. The van der Waals surface area contributed by atoms with E-state index in [4.69, 9.17) is 9.47 Å².